The number of amides is 2. The van der Waals surface area contributed by atoms with Crippen molar-refractivity contribution < 1.29 is 9.59 Å². The summed E-state index contributed by atoms with van der Waals surface area (Å²) in [5.41, 5.74) is 1.00. The molecule has 4 nitrogen and oxygen atoms in total. The van der Waals surface area contributed by atoms with Gasteiger partial charge < -0.3 is 0 Å². The average Bonchev–Trinajstić information content (AvgIpc) is 2.78. The lowest BCUT2D eigenvalue weighted by molar-refractivity contribution is -0.113. The van der Waals surface area contributed by atoms with Crippen LogP contribution in [-0.2, 0) is 4.79 Å². The van der Waals surface area contributed by atoms with E-state index in [1.54, 1.807) is 36.5 Å². The Morgan fingerprint density at radius 3 is 2.59 bits per heavy atom. The standard InChI is InChI=1S/C15H8Cl2N2O2S/c16-11-5-4-10(8-12(11)17)19-14(20)13(22-15(19)21)7-9-3-1-2-6-18-9/h1-8H/b13-7-. The van der Waals surface area contributed by atoms with Crippen LogP contribution in [0.4, 0.5) is 10.5 Å². The molecule has 0 spiro atoms. The first-order valence-corrected chi connectivity index (χ1v) is 7.77. The summed E-state index contributed by atoms with van der Waals surface area (Å²) >= 11 is 12.7. The second kappa shape index (κ2) is 6.12. The third kappa shape index (κ3) is 2.88. The molecule has 110 valence electrons. The number of hydrogen-bond donors (Lipinski definition) is 0. The fraction of sp³-hybridized carbons (Fsp3) is 0. The molecular formula is C15H8Cl2N2O2S. The van der Waals surface area contributed by atoms with Crippen molar-refractivity contribution in [1.82, 2.24) is 4.98 Å². The van der Waals surface area contributed by atoms with Crippen molar-refractivity contribution in [3.8, 4) is 0 Å². The molecular weight excluding hydrogens is 343 g/mol. The number of benzene rings is 1. The van der Waals surface area contributed by atoms with Crippen LogP contribution < -0.4 is 4.90 Å². The Labute approximate surface area is 140 Å². The first-order valence-electron chi connectivity index (χ1n) is 6.20. The molecule has 0 unspecified atom stereocenters. The molecule has 2 amide bonds. The van der Waals surface area contributed by atoms with Crippen molar-refractivity contribution in [2.24, 2.45) is 0 Å². The normalized spacial score (nSPS) is 16.6. The lowest BCUT2D eigenvalue weighted by Gasteiger charge is -2.13. The van der Waals surface area contributed by atoms with Crippen molar-refractivity contribution >= 4 is 57.9 Å². The number of carbonyl (C=O) groups is 2. The van der Waals surface area contributed by atoms with E-state index in [1.165, 1.54) is 6.07 Å². The van der Waals surface area contributed by atoms with Crippen LogP contribution in [0.3, 0.4) is 0 Å². The molecule has 0 atom stereocenters. The fourth-order valence-corrected chi connectivity index (χ4v) is 3.03. The first-order chi connectivity index (χ1) is 10.6. The van der Waals surface area contributed by atoms with Crippen LogP contribution in [0, 0.1) is 0 Å². The summed E-state index contributed by atoms with van der Waals surface area (Å²) in [4.78, 5) is 30.0. The van der Waals surface area contributed by atoms with Gasteiger partial charge in [-0.3, -0.25) is 14.6 Å². The molecule has 0 bridgehead atoms. The Morgan fingerprint density at radius 2 is 1.91 bits per heavy atom. The Bertz CT molecular complexity index is 793. The lowest BCUT2D eigenvalue weighted by atomic mass is 10.2. The molecule has 0 saturated carbocycles. The van der Waals surface area contributed by atoms with Gasteiger partial charge in [-0.05, 0) is 48.2 Å². The van der Waals surface area contributed by atoms with Crippen molar-refractivity contribution in [3.63, 3.8) is 0 Å². The van der Waals surface area contributed by atoms with Gasteiger partial charge in [0.15, 0.2) is 0 Å². The molecule has 1 aromatic heterocycles. The molecule has 1 aliphatic heterocycles. The number of nitrogens with zero attached hydrogens (tertiary/aromatic N) is 2. The molecule has 1 saturated heterocycles. The van der Waals surface area contributed by atoms with E-state index in [1.807, 2.05) is 6.07 Å². The molecule has 7 heteroatoms. The van der Waals surface area contributed by atoms with Crippen molar-refractivity contribution in [1.29, 1.82) is 0 Å². The van der Waals surface area contributed by atoms with Gasteiger partial charge >= 0.3 is 0 Å². The second-order valence-corrected chi connectivity index (χ2v) is 6.18. The number of rotatable bonds is 2. The van der Waals surface area contributed by atoms with Crippen molar-refractivity contribution in [2.45, 2.75) is 0 Å². The van der Waals surface area contributed by atoms with Crippen molar-refractivity contribution in [2.75, 3.05) is 4.90 Å². The largest absolute Gasteiger partial charge is 0.298 e. The molecule has 0 aliphatic carbocycles. The van der Waals surface area contributed by atoms with E-state index in [2.05, 4.69) is 4.98 Å². The third-order valence-electron chi connectivity index (χ3n) is 2.92. The number of imide groups is 1. The van der Waals surface area contributed by atoms with E-state index in [-0.39, 0.29) is 10.3 Å². The minimum Gasteiger partial charge on any atom is -0.268 e. The SMILES string of the molecule is O=C1S/C(=C\c2ccccn2)C(=O)N1c1ccc(Cl)c(Cl)c1. The number of aromatic nitrogens is 1. The monoisotopic (exact) mass is 350 g/mol. The van der Waals surface area contributed by atoms with Gasteiger partial charge in [0.1, 0.15) is 0 Å². The van der Waals surface area contributed by atoms with E-state index in [0.29, 0.717) is 21.3 Å². The lowest BCUT2D eigenvalue weighted by Crippen LogP contribution is -2.27. The maximum atomic E-state index is 12.4. The summed E-state index contributed by atoms with van der Waals surface area (Å²) < 4.78 is 0. The van der Waals surface area contributed by atoms with Gasteiger partial charge in [0.05, 0.1) is 26.3 Å². The summed E-state index contributed by atoms with van der Waals surface area (Å²) in [5.74, 6) is -0.404. The van der Waals surface area contributed by atoms with Crippen LogP contribution >= 0.6 is 35.0 Å². The van der Waals surface area contributed by atoms with Crippen LogP contribution in [-0.4, -0.2) is 16.1 Å². The van der Waals surface area contributed by atoms with Crippen molar-refractivity contribution in [3.05, 3.63) is 63.2 Å². The maximum absolute atomic E-state index is 12.4. The molecule has 1 fully saturated rings. The Morgan fingerprint density at radius 1 is 1.09 bits per heavy atom. The van der Waals surface area contributed by atoms with Gasteiger partial charge in [0.25, 0.3) is 11.1 Å². The van der Waals surface area contributed by atoms with E-state index in [0.717, 1.165) is 16.7 Å². The van der Waals surface area contributed by atoms with Gasteiger partial charge in [0.2, 0.25) is 0 Å². The van der Waals surface area contributed by atoms with E-state index >= 15 is 0 Å². The van der Waals surface area contributed by atoms with E-state index < -0.39 is 5.91 Å². The summed E-state index contributed by atoms with van der Waals surface area (Å²) in [7, 11) is 0. The fourth-order valence-electron chi connectivity index (χ4n) is 1.91. The molecule has 1 aliphatic rings. The first kappa shape index (κ1) is 15.1. The molecule has 1 aromatic carbocycles. The number of pyridine rings is 1. The van der Waals surface area contributed by atoms with Gasteiger partial charge in [-0.1, -0.05) is 29.3 Å². The molecule has 3 rings (SSSR count). The quantitative estimate of drug-likeness (QED) is 0.741. The summed E-state index contributed by atoms with van der Waals surface area (Å²) in [6.07, 6.45) is 3.21. The average molecular weight is 351 g/mol. The highest BCUT2D eigenvalue weighted by atomic mass is 35.5. The summed E-state index contributed by atoms with van der Waals surface area (Å²) in [6, 6.07) is 9.96. The van der Waals surface area contributed by atoms with Crippen LogP contribution in [0.1, 0.15) is 5.69 Å². The number of thioether (sulfide) groups is 1. The van der Waals surface area contributed by atoms with Crippen LogP contribution in [0.15, 0.2) is 47.5 Å². The molecule has 0 N–H and O–H groups in total. The molecule has 2 heterocycles. The number of hydrogen-bond acceptors (Lipinski definition) is 4. The Kier molecular flexibility index (Phi) is 4.20. The predicted octanol–water partition coefficient (Wildman–Crippen LogP) is 4.63. The number of halogens is 2. The van der Waals surface area contributed by atoms with Gasteiger partial charge in [-0.15, -0.1) is 0 Å². The molecule has 0 radical (unpaired) electrons. The van der Waals surface area contributed by atoms with Crippen LogP contribution in [0.2, 0.25) is 10.0 Å². The second-order valence-electron chi connectivity index (χ2n) is 4.37. The smallest absolute Gasteiger partial charge is 0.268 e. The van der Waals surface area contributed by atoms with Gasteiger partial charge in [0, 0.05) is 6.20 Å². The highest BCUT2D eigenvalue weighted by Crippen LogP contribution is 2.37. The highest BCUT2D eigenvalue weighted by molar-refractivity contribution is 8.19. The summed E-state index contributed by atoms with van der Waals surface area (Å²) in [5, 5.41) is 0.263. The zero-order valence-corrected chi connectivity index (χ0v) is 13.3. The minimum atomic E-state index is -0.404. The van der Waals surface area contributed by atoms with E-state index in [9.17, 15) is 9.59 Å². The van der Waals surface area contributed by atoms with E-state index in [4.69, 9.17) is 23.2 Å². The van der Waals surface area contributed by atoms with Gasteiger partial charge in [-0.25, -0.2) is 4.90 Å². The maximum Gasteiger partial charge on any atom is 0.298 e. The number of anilines is 1. The summed E-state index contributed by atoms with van der Waals surface area (Å²) in [6.45, 7) is 0. The van der Waals surface area contributed by atoms with Crippen LogP contribution in [0.25, 0.3) is 6.08 Å². The Balaban J connectivity index is 1.95. The topological polar surface area (TPSA) is 50.3 Å². The number of carbonyl (C=O) groups excluding carboxylic acids is 2. The predicted molar refractivity (Wildman–Crippen MR) is 89.1 cm³/mol. The molecule has 22 heavy (non-hydrogen) atoms. The molecule has 2 aromatic rings. The highest BCUT2D eigenvalue weighted by Gasteiger charge is 2.36. The Hall–Kier alpha value is -1.82. The minimum absolute atomic E-state index is 0.284. The van der Waals surface area contributed by atoms with Gasteiger partial charge in [-0.2, -0.15) is 0 Å². The zero-order valence-electron chi connectivity index (χ0n) is 11.0. The zero-order chi connectivity index (χ0) is 15.7. The third-order valence-corrected chi connectivity index (χ3v) is 4.53. The van der Waals surface area contributed by atoms with Crippen LogP contribution in [0.5, 0.6) is 0 Å².